The summed E-state index contributed by atoms with van der Waals surface area (Å²) in [5, 5.41) is 6.28. The van der Waals surface area contributed by atoms with Gasteiger partial charge in [-0.3, -0.25) is 9.13 Å². The zero-order valence-corrected chi connectivity index (χ0v) is 12.8. The summed E-state index contributed by atoms with van der Waals surface area (Å²) in [5.41, 5.74) is 0.213. The molecule has 7 nitrogen and oxygen atoms in total. The first kappa shape index (κ1) is 16.3. The number of benzene rings is 1. The molecule has 0 heterocycles. The van der Waals surface area contributed by atoms with Gasteiger partial charge in [0.2, 0.25) is 0 Å². The predicted molar refractivity (Wildman–Crippen MR) is 71.9 cm³/mol. The molecule has 0 aliphatic heterocycles. The van der Waals surface area contributed by atoms with Crippen LogP contribution in [0.2, 0.25) is 0 Å². The lowest BCUT2D eigenvalue weighted by molar-refractivity contribution is 0.131. The van der Waals surface area contributed by atoms with E-state index in [4.69, 9.17) is 19.6 Å². The van der Waals surface area contributed by atoms with Gasteiger partial charge in [0.05, 0.1) is 0 Å². The molecule has 0 aliphatic carbocycles. The van der Waals surface area contributed by atoms with E-state index in [1.807, 2.05) is 22.6 Å². The molecule has 0 aliphatic rings. The van der Waals surface area contributed by atoms with E-state index < -0.39 is 26.7 Å². The average molecular weight is 408 g/mol. The Morgan fingerprint density at radius 1 is 1.00 bits per heavy atom. The maximum Gasteiger partial charge on any atom is 0.369 e. The van der Waals surface area contributed by atoms with Gasteiger partial charge in [-0.05, 0) is 40.3 Å². The highest BCUT2D eigenvalue weighted by Crippen LogP contribution is 2.68. The lowest BCUT2D eigenvalue weighted by atomic mass is 10.2. The molecule has 0 saturated heterocycles. The van der Waals surface area contributed by atoms with Gasteiger partial charge in [0, 0.05) is 9.99 Å². The minimum atomic E-state index is -5.40. The van der Waals surface area contributed by atoms with Crippen molar-refractivity contribution in [3.05, 3.63) is 33.4 Å². The highest BCUT2D eigenvalue weighted by Gasteiger charge is 2.59. The van der Waals surface area contributed by atoms with Gasteiger partial charge in [0.15, 0.2) is 0 Å². The highest BCUT2D eigenvalue weighted by molar-refractivity contribution is 14.1. The summed E-state index contributed by atoms with van der Waals surface area (Å²) < 4.78 is 23.1. The SMILES string of the molecule is O=P(O)(O)C(O)(Cc1ccc(I)cc1)P(=O)(O)O. The number of hydrogen-bond acceptors (Lipinski definition) is 3. The molecule has 0 aromatic heterocycles. The van der Waals surface area contributed by atoms with Gasteiger partial charge in [-0.25, -0.2) is 0 Å². The summed E-state index contributed by atoms with van der Waals surface area (Å²) in [6.45, 7) is 0. The largest absolute Gasteiger partial charge is 0.369 e. The van der Waals surface area contributed by atoms with E-state index in [-0.39, 0.29) is 5.56 Å². The van der Waals surface area contributed by atoms with Crippen LogP contribution in [-0.2, 0) is 15.6 Å². The van der Waals surface area contributed by atoms with Crippen molar-refractivity contribution in [1.82, 2.24) is 0 Å². The Bertz CT molecular complexity index is 495. The van der Waals surface area contributed by atoms with Crippen molar-refractivity contribution in [2.24, 2.45) is 0 Å². The van der Waals surface area contributed by atoms with Gasteiger partial charge in [0.1, 0.15) is 0 Å². The topological polar surface area (TPSA) is 135 Å². The van der Waals surface area contributed by atoms with Gasteiger partial charge in [-0.1, -0.05) is 12.1 Å². The molecule has 1 aromatic carbocycles. The average Bonchev–Trinajstić information content (AvgIpc) is 2.18. The Labute approximate surface area is 116 Å². The lowest BCUT2D eigenvalue weighted by Gasteiger charge is -2.29. The zero-order valence-electron chi connectivity index (χ0n) is 8.84. The molecule has 0 amide bonds. The fourth-order valence-corrected chi connectivity index (χ4v) is 3.75. The third kappa shape index (κ3) is 3.40. The van der Waals surface area contributed by atoms with Crippen LogP contribution in [0.5, 0.6) is 0 Å². The first-order chi connectivity index (χ1) is 7.97. The minimum Gasteiger partial charge on any atom is -0.367 e. The maximum absolute atomic E-state index is 11.1. The normalized spacial score (nSPS) is 13.7. The smallest absolute Gasteiger partial charge is 0.367 e. The Morgan fingerprint density at radius 3 is 1.72 bits per heavy atom. The van der Waals surface area contributed by atoms with E-state index in [1.165, 1.54) is 12.1 Å². The molecule has 0 atom stereocenters. The van der Waals surface area contributed by atoms with Crippen LogP contribution >= 0.6 is 37.8 Å². The van der Waals surface area contributed by atoms with Crippen LogP contribution in [0, 0.1) is 3.57 Å². The quantitative estimate of drug-likeness (QED) is 0.368. The molecule has 10 heteroatoms. The highest BCUT2D eigenvalue weighted by atomic mass is 127. The number of hydrogen-bond donors (Lipinski definition) is 5. The second-order valence-electron chi connectivity index (χ2n) is 3.67. The van der Waals surface area contributed by atoms with Gasteiger partial charge in [0.25, 0.3) is 5.08 Å². The van der Waals surface area contributed by atoms with Gasteiger partial charge in [-0.15, -0.1) is 0 Å². The van der Waals surface area contributed by atoms with Crippen LogP contribution < -0.4 is 0 Å². The molecule has 0 radical (unpaired) electrons. The van der Waals surface area contributed by atoms with E-state index in [1.54, 1.807) is 12.1 Å². The first-order valence-electron chi connectivity index (χ1n) is 4.55. The van der Waals surface area contributed by atoms with E-state index in [2.05, 4.69) is 0 Å². The molecule has 1 rings (SSSR count). The molecule has 102 valence electrons. The van der Waals surface area contributed by atoms with Crippen LogP contribution in [0.4, 0.5) is 0 Å². The standard InChI is InChI=1S/C8H11IO7P2/c9-7-3-1-6(2-4-7)5-8(10,17(11,12)13)18(14,15)16/h1-4,10H,5H2,(H2,11,12,13)(H2,14,15,16). The van der Waals surface area contributed by atoms with Crippen LogP contribution in [0.3, 0.4) is 0 Å². The summed E-state index contributed by atoms with van der Waals surface area (Å²) >= 11 is 2.00. The molecule has 5 N–H and O–H groups in total. The summed E-state index contributed by atoms with van der Waals surface area (Å²) in [4.78, 5) is 35.8. The van der Waals surface area contributed by atoms with Crippen molar-refractivity contribution in [3.63, 3.8) is 0 Å². The molecule has 0 bridgehead atoms. The number of aliphatic hydroxyl groups is 1. The summed E-state index contributed by atoms with van der Waals surface area (Å²) in [6.07, 6.45) is -0.835. The summed E-state index contributed by atoms with van der Waals surface area (Å²) in [7, 11) is -10.8. The molecule has 1 aromatic rings. The second kappa shape index (κ2) is 5.30. The number of halogens is 1. The van der Waals surface area contributed by atoms with E-state index in [9.17, 15) is 14.2 Å². The van der Waals surface area contributed by atoms with E-state index in [0.717, 1.165) is 3.57 Å². The molecule has 0 saturated carbocycles. The van der Waals surface area contributed by atoms with Gasteiger partial charge >= 0.3 is 15.2 Å². The second-order valence-corrected chi connectivity index (χ2v) is 8.92. The van der Waals surface area contributed by atoms with Gasteiger partial charge in [-0.2, -0.15) is 0 Å². The fourth-order valence-electron chi connectivity index (χ4n) is 1.25. The minimum absolute atomic E-state index is 0.213. The van der Waals surface area contributed by atoms with Crippen molar-refractivity contribution in [2.45, 2.75) is 11.5 Å². The molecule has 0 fully saturated rings. The van der Waals surface area contributed by atoms with Gasteiger partial charge < -0.3 is 24.7 Å². The first-order valence-corrected chi connectivity index (χ1v) is 8.86. The van der Waals surface area contributed by atoms with E-state index in [0.29, 0.717) is 0 Å². The monoisotopic (exact) mass is 408 g/mol. The van der Waals surface area contributed by atoms with Crippen LogP contribution in [0.15, 0.2) is 24.3 Å². The zero-order chi connectivity index (χ0) is 14.2. The van der Waals surface area contributed by atoms with Crippen LogP contribution in [0.1, 0.15) is 5.56 Å². The fraction of sp³-hybridized carbons (Fsp3) is 0.250. The van der Waals surface area contributed by atoms with Crippen molar-refractivity contribution in [3.8, 4) is 0 Å². The Kier molecular flexibility index (Phi) is 4.79. The summed E-state index contributed by atoms with van der Waals surface area (Å²) in [5.74, 6) is 0. The maximum atomic E-state index is 11.1. The molecule has 18 heavy (non-hydrogen) atoms. The van der Waals surface area contributed by atoms with Crippen molar-refractivity contribution >= 4 is 37.8 Å². The van der Waals surface area contributed by atoms with Crippen LogP contribution in [0.25, 0.3) is 0 Å². The Hall–Kier alpha value is 0.210. The third-order valence-corrected chi connectivity index (χ3v) is 6.75. The van der Waals surface area contributed by atoms with Crippen molar-refractivity contribution in [2.75, 3.05) is 0 Å². The molecular weight excluding hydrogens is 397 g/mol. The number of rotatable bonds is 4. The van der Waals surface area contributed by atoms with Crippen LogP contribution in [-0.4, -0.2) is 29.8 Å². The Balaban J connectivity index is 3.20. The lowest BCUT2D eigenvalue weighted by Crippen LogP contribution is -2.31. The molecular formula is C8H11IO7P2. The van der Waals surface area contributed by atoms with Crippen molar-refractivity contribution < 1.29 is 33.8 Å². The predicted octanol–water partition coefficient (Wildman–Crippen LogP) is 0.835. The summed E-state index contributed by atoms with van der Waals surface area (Å²) in [6, 6.07) is 6.04. The van der Waals surface area contributed by atoms with Crippen molar-refractivity contribution in [1.29, 1.82) is 0 Å². The van der Waals surface area contributed by atoms with E-state index >= 15 is 0 Å². The molecule has 0 unspecified atom stereocenters. The molecule has 0 spiro atoms. The Morgan fingerprint density at radius 2 is 1.39 bits per heavy atom. The third-order valence-electron chi connectivity index (χ3n) is 2.29.